The van der Waals surface area contributed by atoms with Crippen LogP contribution in [0.15, 0.2) is 48.5 Å². The van der Waals surface area contributed by atoms with Crippen LogP contribution in [0.25, 0.3) is 0 Å². The summed E-state index contributed by atoms with van der Waals surface area (Å²) in [6, 6.07) is 15.9. The van der Waals surface area contributed by atoms with Crippen LogP contribution >= 0.6 is 0 Å². The zero-order valence-electron chi connectivity index (χ0n) is 13.4. The number of para-hydroxylation sites is 1. The third-order valence-electron chi connectivity index (χ3n) is 2.57. The first-order valence-electron chi connectivity index (χ1n) is 6.87. The average molecular weight is 274 g/mol. The molecule has 0 saturated heterocycles. The van der Waals surface area contributed by atoms with Crippen molar-refractivity contribution in [1.82, 2.24) is 0 Å². The largest absolute Gasteiger partial charge is 0.497 e. The molecule has 0 aliphatic rings. The number of aryl methyl sites for hydroxylation is 2. The minimum absolute atomic E-state index is 0.917. The summed E-state index contributed by atoms with van der Waals surface area (Å²) in [7, 11) is 3.35. The number of benzene rings is 2. The van der Waals surface area contributed by atoms with Crippen molar-refractivity contribution in [2.75, 3.05) is 14.2 Å². The summed E-state index contributed by atoms with van der Waals surface area (Å²) in [5.74, 6) is 1.87. The Morgan fingerprint density at radius 1 is 0.700 bits per heavy atom. The van der Waals surface area contributed by atoms with Crippen LogP contribution in [0.4, 0.5) is 0 Å². The Kier molecular flexibility index (Phi) is 9.85. The summed E-state index contributed by atoms with van der Waals surface area (Å²) in [6.07, 6.45) is 0. The molecule has 110 valence electrons. The van der Waals surface area contributed by atoms with Crippen LogP contribution in [-0.2, 0) is 0 Å². The van der Waals surface area contributed by atoms with Gasteiger partial charge in [0.2, 0.25) is 0 Å². The molecule has 2 nitrogen and oxygen atoms in total. The molecular weight excluding hydrogens is 248 g/mol. The van der Waals surface area contributed by atoms with Gasteiger partial charge in [0.25, 0.3) is 0 Å². The summed E-state index contributed by atoms with van der Waals surface area (Å²) in [5, 5.41) is 0. The van der Waals surface area contributed by atoms with E-state index in [0.29, 0.717) is 0 Å². The van der Waals surface area contributed by atoms with E-state index in [0.717, 1.165) is 11.5 Å². The van der Waals surface area contributed by atoms with Gasteiger partial charge in [0.05, 0.1) is 14.2 Å². The van der Waals surface area contributed by atoms with Gasteiger partial charge < -0.3 is 9.47 Å². The fourth-order valence-corrected chi connectivity index (χ4v) is 1.46. The van der Waals surface area contributed by atoms with E-state index >= 15 is 0 Å². The fourth-order valence-electron chi connectivity index (χ4n) is 1.46. The van der Waals surface area contributed by atoms with E-state index < -0.39 is 0 Å². The number of methoxy groups -OCH3 is 2. The van der Waals surface area contributed by atoms with Crippen molar-refractivity contribution in [2.45, 2.75) is 27.7 Å². The fraction of sp³-hybridized carbons (Fsp3) is 0.333. The normalized spacial score (nSPS) is 8.50. The molecule has 0 unspecified atom stereocenters. The molecule has 0 amide bonds. The standard InChI is InChI=1S/2C8H10O.C2H6/c1-7-3-5-8(9-2)6-4-7;1-7-5-3-4-6-8(7)9-2;1-2/h2*3-6H,1-2H3;1-2H3. The maximum Gasteiger partial charge on any atom is 0.121 e. The third-order valence-corrected chi connectivity index (χ3v) is 2.57. The van der Waals surface area contributed by atoms with Crippen LogP contribution < -0.4 is 9.47 Å². The van der Waals surface area contributed by atoms with Gasteiger partial charge in [-0.15, -0.1) is 0 Å². The van der Waals surface area contributed by atoms with Crippen LogP contribution in [-0.4, -0.2) is 14.2 Å². The van der Waals surface area contributed by atoms with Gasteiger partial charge in [0.1, 0.15) is 11.5 Å². The topological polar surface area (TPSA) is 18.5 Å². The molecular formula is C18H26O2. The predicted molar refractivity (Wildman–Crippen MR) is 86.8 cm³/mol. The van der Waals surface area contributed by atoms with Gasteiger partial charge in [-0.2, -0.15) is 0 Å². The molecule has 0 aliphatic heterocycles. The minimum atomic E-state index is 0.917. The highest BCUT2D eigenvalue weighted by Crippen LogP contribution is 2.14. The van der Waals surface area contributed by atoms with E-state index in [1.165, 1.54) is 11.1 Å². The Bertz CT molecular complexity index is 461. The molecule has 20 heavy (non-hydrogen) atoms. The molecule has 0 saturated carbocycles. The lowest BCUT2D eigenvalue weighted by molar-refractivity contribution is 0.411. The SMILES string of the molecule is CC.COc1ccc(C)cc1.COc1ccccc1C. The second-order valence-corrected chi connectivity index (χ2v) is 3.99. The monoisotopic (exact) mass is 274 g/mol. The molecule has 2 rings (SSSR count). The van der Waals surface area contributed by atoms with Gasteiger partial charge in [-0.05, 0) is 37.6 Å². The van der Waals surface area contributed by atoms with Crippen LogP contribution in [0.3, 0.4) is 0 Å². The summed E-state index contributed by atoms with van der Waals surface area (Å²) in [6.45, 7) is 8.08. The predicted octanol–water partition coefficient (Wildman–Crippen LogP) is 5.03. The van der Waals surface area contributed by atoms with E-state index in [2.05, 4.69) is 6.92 Å². The number of ether oxygens (including phenoxy) is 2. The minimum Gasteiger partial charge on any atom is -0.497 e. The molecule has 0 radical (unpaired) electrons. The third kappa shape index (κ3) is 6.83. The smallest absolute Gasteiger partial charge is 0.121 e. The van der Waals surface area contributed by atoms with E-state index in [-0.39, 0.29) is 0 Å². The maximum absolute atomic E-state index is 5.04. The number of hydrogen-bond acceptors (Lipinski definition) is 2. The lowest BCUT2D eigenvalue weighted by Gasteiger charge is -2.00. The van der Waals surface area contributed by atoms with Crippen molar-refractivity contribution in [2.24, 2.45) is 0 Å². The van der Waals surface area contributed by atoms with Crippen molar-refractivity contribution < 1.29 is 9.47 Å². The lowest BCUT2D eigenvalue weighted by atomic mass is 10.2. The first-order chi connectivity index (χ1) is 9.67. The maximum atomic E-state index is 5.04. The van der Waals surface area contributed by atoms with E-state index in [4.69, 9.17) is 9.47 Å². The first kappa shape index (κ1) is 18.0. The number of hydrogen-bond donors (Lipinski definition) is 0. The molecule has 0 aromatic heterocycles. The van der Waals surface area contributed by atoms with Gasteiger partial charge in [0, 0.05) is 0 Å². The molecule has 2 aromatic carbocycles. The van der Waals surface area contributed by atoms with Gasteiger partial charge in [-0.1, -0.05) is 49.7 Å². The Morgan fingerprint density at radius 2 is 1.25 bits per heavy atom. The molecule has 0 aliphatic carbocycles. The molecule has 0 bridgehead atoms. The van der Waals surface area contributed by atoms with Crippen LogP contribution in [0, 0.1) is 13.8 Å². The zero-order valence-corrected chi connectivity index (χ0v) is 13.4. The van der Waals surface area contributed by atoms with Crippen LogP contribution in [0.1, 0.15) is 25.0 Å². The van der Waals surface area contributed by atoms with Crippen molar-refractivity contribution in [3.8, 4) is 11.5 Å². The quantitative estimate of drug-likeness (QED) is 0.764. The van der Waals surface area contributed by atoms with Gasteiger partial charge >= 0.3 is 0 Å². The molecule has 0 N–H and O–H groups in total. The Labute approximate surface area is 123 Å². The van der Waals surface area contributed by atoms with Gasteiger partial charge in [-0.3, -0.25) is 0 Å². The first-order valence-corrected chi connectivity index (χ1v) is 6.87. The summed E-state index contributed by atoms with van der Waals surface area (Å²) < 4.78 is 10.0. The van der Waals surface area contributed by atoms with Crippen molar-refractivity contribution >= 4 is 0 Å². The summed E-state index contributed by atoms with van der Waals surface area (Å²) in [4.78, 5) is 0. The molecule has 0 fully saturated rings. The van der Waals surface area contributed by atoms with Crippen molar-refractivity contribution in [3.05, 3.63) is 59.7 Å². The van der Waals surface area contributed by atoms with E-state index in [1.54, 1.807) is 14.2 Å². The molecule has 2 heteroatoms. The number of rotatable bonds is 2. The summed E-state index contributed by atoms with van der Waals surface area (Å²) in [5.41, 5.74) is 2.44. The lowest BCUT2D eigenvalue weighted by Crippen LogP contribution is -1.84. The van der Waals surface area contributed by atoms with Crippen molar-refractivity contribution in [3.63, 3.8) is 0 Å². The van der Waals surface area contributed by atoms with Crippen LogP contribution in [0.5, 0.6) is 11.5 Å². The highest BCUT2D eigenvalue weighted by atomic mass is 16.5. The van der Waals surface area contributed by atoms with Crippen LogP contribution in [0.2, 0.25) is 0 Å². The summed E-state index contributed by atoms with van der Waals surface area (Å²) >= 11 is 0. The van der Waals surface area contributed by atoms with Crippen molar-refractivity contribution in [1.29, 1.82) is 0 Å². The molecule has 2 aromatic rings. The highest BCUT2D eigenvalue weighted by Gasteiger charge is 1.90. The molecule has 0 atom stereocenters. The second kappa shape index (κ2) is 10.9. The Hall–Kier alpha value is -1.96. The van der Waals surface area contributed by atoms with E-state index in [1.807, 2.05) is 69.3 Å². The zero-order chi connectivity index (χ0) is 15.4. The Balaban J connectivity index is 0.000000321. The molecule has 0 spiro atoms. The highest BCUT2D eigenvalue weighted by molar-refractivity contribution is 5.31. The van der Waals surface area contributed by atoms with E-state index in [9.17, 15) is 0 Å². The average Bonchev–Trinajstić information content (AvgIpc) is 2.51. The second-order valence-electron chi connectivity index (χ2n) is 3.99. The Morgan fingerprint density at radius 3 is 1.65 bits per heavy atom. The molecule has 0 heterocycles. The van der Waals surface area contributed by atoms with Gasteiger partial charge in [-0.25, -0.2) is 0 Å². The van der Waals surface area contributed by atoms with Gasteiger partial charge in [0.15, 0.2) is 0 Å².